The Kier molecular flexibility index (Phi) is 4.68. The van der Waals surface area contributed by atoms with E-state index in [-0.39, 0.29) is 5.97 Å². The summed E-state index contributed by atoms with van der Waals surface area (Å²) in [5.74, 6) is 0.819. The number of ether oxygens (including phenoxy) is 1. The molecule has 6 nitrogen and oxygen atoms in total. The van der Waals surface area contributed by atoms with Gasteiger partial charge in [0.2, 0.25) is 5.16 Å². The molecule has 7 heteroatoms. The summed E-state index contributed by atoms with van der Waals surface area (Å²) in [6, 6.07) is 17.1. The second-order valence-corrected chi connectivity index (χ2v) is 5.64. The monoisotopic (exact) mass is 326 g/mol. The summed E-state index contributed by atoms with van der Waals surface area (Å²) in [4.78, 5) is 11.2. The molecule has 2 aromatic carbocycles. The van der Waals surface area contributed by atoms with Crippen molar-refractivity contribution in [2.75, 3.05) is 0 Å². The van der Waals surface area contributed by atoms with Crippen LogP contribution in [0.5, 0.6) is 5.75 Å². The van der Waals surface area contributed by atoms with Crippen molar-refractivity contribution in [2.45, 2.75) is 17.8 Å². The largest absolute Gasteiger partial charge is 0.426 e. The van der Waals surface area contributed by atoms with Crippen LogP contribution in [0.15, 0.2) is 59.8 Å². The van der Waals surface area contributed by atoms with Gasteiger partial charge >= 0.3 is 5.97 Å². The number of nitrogens with zero attached hydrogens (tertiary/aromatic N) is 4. The van der Waals surface area contributed by atoms with Gasteiger partial charge < -0.3 is 4.74 Å². The number of hydrogen-bond acceptors (Lipinski definition) is 6. The van der Waals surface area contributed by atoms with Crippen molar-refractivity contribution >= 4 is 17.7 Å². The van der Waals surface area contributed by atoms with Crippen LogP contribution in [0, 0.1) is 0 Å². The number of rotatable bonds is 5. The zero-order valence-electron chi connectivity index (χ0n) is 12.4. The molecule has 23 heavy (non-hydrogen) atoms. The lowest BCUT2D eigenvalue weighted by Crippen LogP contribution is -2.03. The van der Waals surface area contributed by atoms with Gasteiger partial charge in [0.05, 0.1) is 5.69 Å². The van der Waals surface area contributed by atoms with E-state index >= 15 is 0 Å². The van der Waals surface area contributed by atoms with Gasteiger partial charge in [-0.25, -0.2) is 0 Å². The highest BCUT2D eigenvalue weighted by molar-refractivity contribution is 7.98. The van der Waals surface area contributed by atoms with Gasteiger partial charge in [-0.05, 0) is 28.6 Å². The van der Waals surface area contributed by atoms with Gasteiger partial charge in [0.15, 0.2) is 0 Å². The Hall–Kier alpha value is -2.67. The highest BCUT2D eigenvalue weighted by Crippen LogP contribution is 2.27. The van der Waals surface area contributed by atoms with E-state index in [4.69, 9.17) is 4.74 Å². The second-order valence-electron chi connectivity index (χ2n) is 4.70. The van der Waals surface area contributed by atoms with Crippen LogP contribution in [0.2, 0.25) is 0 Å². The number of carbonyl (C=O) groups excluding carboxylic acids is 1. The minimum atomic E-state index is -0.337. The Morgan fingerprint density at radius 2 is 1.87 bits per heavy atom. The highest BCUT2D eigenvalue weighted by atomic mass is 32.2. The van der Waals surface area contributed by atoms with E-state index in [2.05, 4.69) is 15.5 Å². The first-order chi connectivity index (χ1) is 11.2. The molecule has 0 aliphatic rings. The van der Waals surface area contributed by atoms with Crippen molar-refractivity contribution in [3.8, 4) is 11.4 Å². The quantitative estimate of drug-likeness (QED) is 0.408. The van der Waals surface area contributed by atoms with Crippen LogP contribution in [0.1, 0.15) is 12.5 Å². The minimum absolute atomic E-state index is 0.337. The fourth-order valence-corrected chi connectivity index (χ4v) is 2.90. The molecule has 0 N–H and O–H groups in total. The first-order valence-corrected chi connectivity index (χ1v) is 7.95. The molecule has 0 saturated carbocycles. The second kappa shape index (κ2) is 7.06. The standard InChI is InChI=1S/C16H14N4O2S/c1-12(21)22-15-10-6-5-7-13(15)11-23-16-17-18-19-20(16)14-8-3-2-4-9-14/h2-10H,11H2,1H3. The summed E-state index contributed by atoms with van der Waals surface area (Å²) in [6.45, 7) is 1.39. The lowest BCUT2D eigenvalue weighted by molar-refractivity contribution is -0.131. The third-order valence-corrected chi connectivity index (χ3v) is 3.99. The Balaban J connectivity index is 1.78. The van der Waals surface area contributed by atoms with Crippen molar-refractivity contribution in [1.29, 1.82) is 0 Å². The molecule has 0 aliphatic carbocycles. The van der Waals surface area contributed by atoms with E-state index in [0.29, 0.717) is 16.7 Å². The molecular formula is C16H14N4O2S. The van der Waals surface area contributed by atoms with E-state index in [1.165, 1.54) is 18.7 Å². The summed E-state index contributed by atoms with van der Waals surface area (Å²) >= 11 is 1.48. The molecule has 0 unspecified atom stereocenters. The van der Waals surface area contributed by atoms with Gasteiger partial charge in [-0.2, -0.15) is 4.68 Å². The zero-order valence-corrected chi connectivity index (χ0v) is 13.2. The van der Waals surface area contributed by atoms with Crippen LogP contribution in [0.3, 0.4) is 0 Å². The van der Waals surface area contributed by atoms with E-state index in [1.807, 2.05) is 48.5 Å². The van der Waals surface area contributed by atoms with Crippen LogP contribution in [-0.2, 0) is 10.5 Å². The van der Waals surface area contributed by atoms with Crippen LogP contribution in [0.4, 0.5) is 0 Å². The summed E-state index contributed by atoms with van der Waals surface area (Å²) in [6.07, 6.45) is 0. The minimum Gasteiger partial charge on any atom is -0.426 e. The van der Waals surface area contributed by atoms with Crippen molar-refractivity contribution in [3.63, 3.8) is 0 Å². The van der Waals surface area contributed by atoms with E-state index in [0.717, 1.165) is 11.3 Å². The molecule has 3 aromatic rings. The number of hydrogen-bond donors (Lipinski definition) is 0. The number of esters is 1. The van der Waals surface area contributed by atoms with Crippen molar-refractivity contribution in [2.24, 2.45) is 0 Å². The molecule has 1 heterocycles. The van der Waals surface area contributed by atoms with Crippen molar-refractivity contribution < 1.29 is 9.53 Å². The lowest BCUT2D eigenvalue weighted by atomic mass is 10.2. The molecule has 0 aliphatic heterocycles. The predicted octanol–water partition coefficient (Wildman–Crippen LogP) is 2.88. The summed E-state index contributed by atoms with van der Waals surface area (Å²) in [5, 5.41) is 12.5. The first kappa shape index (κ1) is 15.2. The van der Waals surface area contributed by atoms with Gasteiger partial charge in [0.25, 0.3) is 0 Å². The normalized spacial score (nSPS) is 10.5. The Morgan fingerprint density at radius 3 is 2.65 bits per heavy atom. The maximum absolute atomic E-state index is 11.2. The SMILES string of the molecule is CC(=O)Oc1ccccc1CSc1nnnn1-c1ccccc1. The molecule has 0 spiro atoms. The molecule has 0 saturated heterocycles. The van der Waals surface area contributed by atoms with Gasteiger partial charge in [0.1, 0.15) is 5.75 Å². The fraction of sp³-hybridized carbons (Fsp3) is 0.125. The van der Waals surface area contributed by atoms with Gasteiger partial charge in [0, 0.05) is 18.2 Å². The molecule has 0 bridgehead atoms. The molecule has 3 rings (SSSR count). The van der Waals surface area contributed by atoms with Crippen molar-refractivity contribution in [3.05, 3.63) is 60.2 Å². The van der Waals surface area contributed by atoms with Crippen LogP contribution in [0.25, 0.3) is 5.69 Å². The Labute approximate surface area is 137 Å². The molecule has 0 amide bonds. The average Bonchev–Trinajstić information content (AvgIpc) is 3.03. The van der Waals surface area contributed by atoms with Crippen LogP contribution in [-0.4, -0.2) is 26.2 Å². The van der Waals surface area contributed by atoms with E-state index in [1.54, 1.807) is 10.7 Å². The maximum Gasteiger partial charge on any atom is 0.308 e. The number of carbonyl (C=O) groups is 1. The molecule has 0 fully saturated rings. The molecule has 116 valence electrons. The van der Waals surface area contributed by atoms with Crippen LogP contribution < -0.4 is 4.74 Å². The van der Waals surface area contributed by atoms with Crippen LogP contribution >= 0.6 is 11.8 Å². The summed E-state index contributed by atoms with van der Waals surface area (Å²) in [7, 11) is 0. The number of para-hydroxylation sites is 2. The third-order valence-electron chi connectivity index (χ3n) is 3.02. The fourth-order valence-electron chi connectivity index (χ4n) is 2.02. The van der Waals surface area contributed by atoms with Gasteiger partial charge in [-0.15, -0.1) is 5.10 Å². The lowest BCUT2D eigenvalue weighted by Gasteiger charge is -2.08. The highest BCUT2D eigenvalue weighted by Gasteiger charge is 2.11. The molecular weight excluding hydrogens is 312 g/mol. The Bertz CT molecular complexity index is 805. The van der Waals surface area contributed by atoms with Crippen molar-refractivity contribution in [1.82, 2.24) is 20.2 Å². The van der Waals surface area contributed by atoms with Gasteiger partial charge in [-0.1, -0.05) is 48.2 Å². The topological polar surface area (TPSA) is 69.9 Å². The molecule has 0 radical (unpaired) electrons. The first-order valence-electron chi connectivity index (χ1n) is 6.97. The Morgan fingerprint density at radius 1 is 1.13 bits per heavy atom. The van der Waals surface area contributed by atoms with E-state index < -0.39 is 0 Å². The third kappa shape index (κ3) is 3.75. The molecule has 0 atom stereocenters. The predicted molar refractivity (Wildman–Crippen MR) is 86.5 cm³/mol. The number of tetrazole rings is 1. The number of benzene rings is 2. The molecule has 1 aromatic heterocycles. The smallest absolute Gasteiger partial charge is 0.308 e. The number of thioether (sulfide) groups is 1. The summed E-state index contributed by atoms with van der Waals surface area (Å²) < 4.78 is 6.90. The summed E-state index contributed by atoms with van der Waals surface area (Å²) in [5.41, 5.74) is 1.81. The zero-order chi connectivity index (χ0) is 16.1. The number of aromatic nitrogens is 4. The average molecular weight is 326 g/mol. The maximum atomic E-state index is 11.2. The van der Waals surface area contributed by atoms with E-state index in [9.17, 15) is 4.79 Å². The van der Waals surface area contributed by atoms with Gasteiger partial charge in [-0.3, -0.25) is 4.79 Å².